The smallest absolute Gasteiger partial charge is 0.387 e. The number of fused-ring (bicyclic) bond motifs is 1. The van der Waals surface area contributed by atoms with Crippen molar-refractivity contribution in [3.63, 3.8) is 0 Å². The highest BCUT2D eigenvalue weighted by atomic mass is 19.1. The number of allylic oxidation sites excluding steroid dienone is 3. The minimum atomic E-state index is -1.26. The summed E-state index contributed by atoms with van der Waals surface area (Å²) >= 11 is 0. The molecule has 3 N–H and O–H groups in total. The first-order chi connectivity index (χ1) is 16.2. The summed E-state index contributed by atoms with van der Waals surface area (Å²) < 4.78 is 17.3. The fraction of sp³-hybridized carbons (Fsp3) is 0.280. The van der Waals surface area contributed by atoms with Gasteiger partial charge >= 0.3 is 17.8 Å². The normalized spacial score (nSPS) is 23.4. The molecule has 0 aromatic heterocycles. The first-order valence-electron chi connectivity index (χ1n) is 11.1. The highest BCUT2D eigenvalue weighted by Crippen LogP contribution is 2.37. The van der Waals surface area contributed by atoms with E-state index in [2.05, 4.69) is 39.3 Å². The monoisotopic (exact) mass is 462 g/mol. The number of likely N-dealkylation sites (tertiary alicyclic amines) is 1. The first-order valence-corrected chi connectivity index (χ1v) is 11.1. The molecule has 9 heteroatoms. The van der Waals surface area contributed by atoms with Gasteiger partial charge in [-0.3, -0.25) is 15.0 Å². The van der Waals surface area contributed by atoms with Gasteiger partial charge in [-0.2, -0.15) is 4.67 Å². The largest absolute Gasteiger partial charge is 0.477 e. The molecule has 1 saturated heterocycles. The van der Waals surface area contributed by atoms with Gasteiger partial charge in [0, 0.05) is 36.4 Å². The molecule has 2 unspecified atom stereocenters. The van der Waals surface area contributed by atoms with Gasteiger partial charge in [0.1, 0.15) is 18.0 Å². The van der Waals surface area contributed by atoms with Crippen LogP contribution in [0.15, 0.2) is 77.8 Å². The Morgan fingerprint density at radius 1 is 1.29 bits per heavy atom. The summed E-state index contributed by atoms with van der Waals surface area (Å²) in [7, 11) is 0. The Morgan fingerprint density at radius 2 is 2.03 bits per heavy atom. The number of amidine groups is 1. The van der Waals surface area contributed by atoms with Crippen molar-refractivity contribution in [1.29, 1.82) is 0 Å². The molecule has 174 valence electrons. The molecule has 0 aliphatic carbocycles. The molecule has 0 bridgehead atoms. The van der Waals surface area contributed by atoms with Crippen LogP contribution in [0.4, 0.5) is 4.39 Å². The molecule has 4 aliphatic rings. The number of rotatable bonds is 5. The van der Waals surface area contributed by atoms with Crippen LogP contribution in [0, 0.1) is 0 Å². The molecule has 8 nitrogen and oxygen atoms in total. The maximum absolute atomic E-state index is 13.6. The van der Waals surface area contributed by atoms with Gasteiger partial charge in [-0.25, -0.2) is 4.79 Å². The van der Waals surface area contributed by atoms with Crippen molar-refractivity contribution in [2.45, 2.75) is 31.5 Å². The van der Waals surface area contributed by atoms with Crippen LogP contribution in [0.5, 0.6) is 0 Å². The van der Waals surface area contributed by atoms with Crippen LogP contribution in [0.1, 0.15) is 19.4 Å². The molecular weight excluding hydrogens is 437 g/mol. The Hall–Kier alpha value is -4.10. The highest BCUT2D eigenvalue weighted by Gasteiger charge is 2.44. The molecule has 0 radical (unpaired) electrons. The lowest BCUT2D eigenvalue weighted by Crippen LogP contribution is -2.63. The summed E-state index contributed by atoms with van der Waals surface area (Å²) in [5.74, 6) is -1.57. The predicted octanol–water partition coefficient (Wildman–Crippen LogP) is 1.15. The number of carboxylic acids is 1. The molecule has 4 aliphatic heterocycles. The molecule has 1 aromatic rings. The molecule has 4 heterocycles. The SMILES string of the molecule is CC(NC1=[N+]=C(F)C=C1C(=O)O)C1=CC=CN2C(=O)C=C(N3CC(C)(c4ccccc4)C3)NC12. The Kier molecular flexibility index (Phi) is 5.14. The van der Waals surface area contributed by atoms with E-state index in [0.717, 1.165) is 30.6 Å². The molecule has 0 saturated carbocycles. The number of amides is 1. The second-order valence-corrected chi connectivity index (χ2v) is 9.13. The van der Waals surface area contributed by atoms with E-state index >= 15 is 0 Å². The number of nitrogens with zero attached hydrogens (tertiary/aromatic N) is 3. The minimum Gasteiger partial charge on any atom is -0.477 e. The van der Waals surface area contributed by atoms with E-state index in [1.807, 2.05) is 31.2 Å². The van der Waals surface area contributed by atoms with Gasteiger partial charge in [0.05, 0.1) is 6.08 Å². The Balaban J connectivity index is 1.32. The summed E-state index contributed by atoms with van der Waals surface area (Å²) in [6.07, 6.45) is 7.36. The molecule has 0 spiro atoms. The minimum absolute atomic E-state index is 0.00467. The maximum atomic E-state index is 13.6. The summed E-state index contributed by atoms with van der Waals surface area (Å²) in [6.45, 7) is 5.58. The highest BCUT2D eigenvalue weighted by molar-refractivity contribution is 6.24. The Labute approximate surface area is 196 Å². The van der Waals surface area contributed by atoms with E-state index < -0.39 is 24.1 Å². The molecule has 1 amide bonds. The summed E-state index contributed by atoms with van der Waals surface area (Å²) in [5.41, 5.74) is 1.83. The van der Waals surface area contributed by atoms with Gasteiger partial charge in [-0.15, -0.1) is 4.39 Å². The summed E-state index contributed by atoms with van der Waals surface area (Å²) in [4.78, 5) is 28.1. The number of aliphatic carboxylic acids is 1. The van der Waals surface area contributed by atoms with Gasteiger partial charge < -0.3 is 15.3 Å². The number of carbonyl (C=O) groups is 2. The van der Waals surface area contributed by atoms with Crippen LogP contribution < -0.4 is 15.3 Å². The van der Waals surface area contributed by atoms with Crippen molar-refractivity contribution in [3.8, 4) is 0 Å². The molecule has 1 fully saturated rings. The van der Waals surface area contributed by atoms with Gasteiger partial charge in [0.25, 0.3) is 5.91 Å². The fourth-order valence-electron chi connectivity index (χ4n) is 4.81. The van der Waals surface area contributed by atoms with Crippen LogP contribution in [-0.2, 0) is 15.0 Å². The number of hydrogen-bond acceptors (Lipinski definition) is 5. The number of benzene rings is 1. The van der Waals surface area contributed by atoms with Crippen LogP contribution in [-0.4, -0.2) is 63.9 Å². The van der Waals surface area contributed by atoms with E-state index in [0.29, 0.717) is 0 Å². The maximum Gasteiger partial charge on any atom is 0.387 e. The lowest BCUT2D eigenvalue weighted by atomic mass is 9.75. The summed E-state index contributed by atoms with van der Waals surface area (Å²) in [5, 5.41) is 15.8. The topological polar surface area (TPSA) is 99.0 Å². The van der Waals surface area contributed by atoms with Gasteiger partial charge in [-0.1, -0.05) is 43.3 Å². The zero-order valence-corrected chi connectivity index (χ0v) is 18.8. The van der Waals surface area contributed by atoms with Crippen LogP contribution in [0.2, 0.25) is 0 Å². The second-order valence-electron chi connectivity index (χ2n) is 9.13. The molecule has 5 rings (SSSR count). The Morgan fingerprint density at radius 3 is 2.74 bits per heavy atom. The van der Waals surface area contributed by atoms with Crippen molar-refractivity contribution < 1.29 is 19.1 Å². The van der Waals surface area contributed by atoms with Crippen LogP contribution >= 0.6 is 0 Å². The number of nitrogens with one attached hydrogen (secondary N) is 2. The van der Waals surface area contributed by atoms with Crippen molar-refractivity contribution in [2.75, 3.05) is 13.1 Å². The van der Waals surface area contributed by atoms with Crippen LogP contribution in [0.25, 0.3) is 0 Å². The zero-order chi connectivity index (χ0) is 24.0. The molecule has 2 atom stereocenters. The molecule has 1 aromatic carbocycles. The van der Waals surface area contributed by atoms with Gasteiger partial charge in [-0.05, 0) is 18.6 Å². The first kappa shape index (κ1) is 21.7. The summed E-state index contributed by atoms with van der Waals surface area (Å²) in [6, 6.07) is 9.89. The average molecular weight is 463 g/mol. The third-order valence-corrected chi connectivity index (χ3v) is 6.64. The van der Waals surface area contributed by atoms with Crippen molar-refractivity contribution in [3.05, 3.63) is 83.4 Å². The molecule has 34 heavy (non-hydrogen) atoms. The molecular formula is C25H25FN5O3+. The zero-order valence-electron chi connectivity index (χ0n) is 18.8. The Bertz CT molecular complexity index is 1250. The van der Waals surface area contributed by atoms with Crippen molar-refractivity contribution >= 4 is 23.7 Å². The standard InChI is InChI=1S/C25H24FN5O3/c1-15(27-22-18(24(33)34)11-19(26)28-22)17-9-6-10-31-21(32)12-20(29-23(17)31)30-13-25(2,14-30)16-7-4-3-5-8-16/h3-12,15,23H,13-14H2,1-2H3,(H2,29,32,33,34)/p+1. The second kappa shape index (κ2) is 8.04. The third kappa shape index (κ3) is 3.70. The third-order valence-electron chi connectivity index (χ3n) is 6.64. The van der Waals surface area contributed by atoms with E-state index in [1.165, 1.54) is 5.56 Å². The van der Waals surface area contributed by atoms with Gasteiger partial charge in [0.15, 0.2) is 5.57 Å². The van der Waals surface area contributed by atoms with E-state index in [-0.39, 0.29) is 22.7 Å². The fourth-order valence-corrected chi connectivity index (χ4v) is 4.81. The van der Waals surface area contributed by atoms with E-state index in [1.54, 1.807) is 23.3 Å². The quantitative estimate of drug-likeness (QED) is 0.568. The average Bonchev–Trinajstić information content (AvgIpc) is 3.17. The number of halogens is 1. The number of carboxylic acid groups (broad SMARTS) is 1. The number of carbonyl (C=O) groups excluding carboxylic acids is 1. The van der Waals surface area contributed by atoms with E-state index in [9.17, 15) is 19.1 Å². The van der Waals surface area contributed by atoms with Crippen LogP contribution in [0.3, 0.4) is 0 Å². The van der Waals surface area contributed by atoms with Crippen molar-refractivity contribution in [2.24, 2.45) is 0 Å². The van der Waals surface area contributed by atoms with E-state index in [4.69, 9.17) is 0 Å². The lowest BCUT2D eigenvalue weighted by Gasteiger charge is -2.52. The number of hydrogen-bond donors (Lipinski definition) is 3. The van der Waals surface area contributed by atoms with Gasteiger partial charge in [0.2, 0.25) is 0 Å². The van der Waals surface area contributed by atoms with Crippen molar-refractivity contribution in [1.82, 2.24) is 25.1 Å². The lowest BCUT2D eigenvalue weighted by molar-refractivity contribution is -0.132. The predicted molar refractivity (Wildman–Crippen MR) is 126 cm³/mol.